The number of amides is 3. The van der Waals surface area contributed by atoms with Crippen LogP contribution in [0.15, 0.2) is 96.2 Å². The van der Waals surface area contributed by atoms with Gasteiger partial charge in [-0.05, 0) is 58.4 Å². The van der Waals surface area contributed by atoms with Crippen molar-refractivity contribution in [2.24, 2.45) is 0 Å². The van der Waals surface area contributed by atoms with Gasteiger partial charge in [-0.2, -0.15) is 0 Å². The molecule has 3 saturated heterocycles. The Hall–Kier alpha value is -1.57. The molecule has 0 aliphatic carbocycles. The van der Waals surface area contributed by atoms with Gasteiger partial charge in [-0.3, -0.25) is 33.7 Å². The first-order valence-electron chi connectivity index (χ1n) is 26.5. The standard InChI is InChI=1S/C17H18N4O3S.C10H9NO3.C7H11N3OS.C4H9NO.C3H3BrN2S.CH3F.CH2O3.B17.BrH.2K.H/c1-2-14(22)19-13-5-3-4-12(10-13)16(23)20-17-18-11-15(25-17)21-6-8-24-9-7-21;1-2-10(13)11-8-4-3-5-9(6-8)14-7-12;8-7-9-5-6(12-7)10-1-3-11-4-2-10;1-3-6-4-2-5-1;4-2-1-6-3(5)7-2;1-2;2-1-4-3;1-10-15(11(2)3)17(14(8)9)16(12(4)5)13(6)7;;;;/h2-5,10-11H,1,6-9H2,(H,19,22)(H,18,20,23);2-7H,1H2,(H,11,13);5H,1-4H2,(H2,8,9);5H,1-4H2;1H,(H2,5,6);1H3;1,3H;;1H;;;/q;;;;;;;;;2*+1;-1/p-1/i;;;;;1D;;;;;;. The number of thiazole rings is 3. The van der Waals surface area contributed by atoms with Crippen LogP contribution in [0.4, 0.5) is 41.2 Å². The number of morpholine rings is 3. The number of hydrogen-bond acceptors (Lipinski definition) is 22. The summed E-state index contributed by atoms with van der Waals surface area (Å²) >= 11 is 7.59. The number of aromatic nitrogens is 3. The van der Waals surface area contributed by atoms with Crippen molar-refractivity contribution in [2.75, 3.05) is 123 Å². The third-order valence-corrected chi connectivity index (χ3v) is 14.4. The maximum Gasteiger partial charge on any atom is 1.00 e. The van der Waals surface area contributed by atoms with Crippen molar-refractivity contribution in [3.63, 3.8) is 0 Å². The Kier molecular flexibility index (Phi) is 56.9. The molecule has 19 radical (unpaired) electrons. The maximum absolute atomic E-state index is 12.4. The van der Waals surface area contributed by atoms with Gasteiger partial charge in [0.05, 0.1) is 70.5 Å². The fourth-order valence-corrected chi connectivity index (χ4v) is 9.91. The Bertz CT molecular complexity index is 2770. The number of alkyl halides is 1. The summed E-state index contributed by atoms with van der Waals surface area (Å²) in [5.41, 5.74) is 12.3. The number of halogens is 3. The van der Waals surface area contributed by atoms with Crippen LogP contribution < -0.4 is 155 Å². The number of carbonyl (C=O) groups is 5. The molecule has 90 heavy (non-hydrogen) atoms. The molecule has 2 aromatic carbocycles. The van der Waals surface area contributed by atoms with E-state index in [0.29, 0.717) is 57.8 Å². The molecule has 6 heterocycles. The number of benzene rings is 2. The van der Waals surface area contributed by atoms with Crippen molar-refractivity contribution < 1.29 is 163 Å². The monoisotopic (exact) mass is 1440 g/mol. The molecule has 3 aliphatic heterocycles. The van der Waals surface area contributed by atoms with E-state index < -0.39 is 51.8 Å². The number of nitrogens with one attached hydrogen (secondary N) is 4. The minimum atomic E-state index is -1.00. The van der Waals surface area contributed by atoms with Crippen LogP contribution in [0.3, 0.4) is 0 Å². The van der Waals surface area contributed by atoms with Crippen molar-refractivity contribution in [1.82, 2.24) is 20.3 Å². The summed E-state index contributed by atoms with van der Waals surface area (Å²) in [6.07, 6.45) is 2.94. The van der Waals surface area contributed by atoms with Crippen LogP contribution in [0.25, 0.3) is 0 Å². The topological polar surface area (TPSA) is 300 Å². The molecule has 8 rings (SSSR count). The Morgan fingerprint density at radius 3 is 1.57 bits per heavy atom. The number of rotatable bonds is 18. The predicted octanol–water partition coefficient (Wildman–Crippen LogP) is -7.40. The van der Waals surface area contributed by atoms with Crippen LogP contribution in [-0.4, -0.2) is 253 Å². The molecule has 0 bridgehead atoms. The van der Waals surface area contributed by atoms with Crippen LogP contribution in [0, 0.1) is 0 Å². The zero-order valence-electron chi connectivity index (χ0n) is 51.9. The number of nitrogens with zero attached hydrogens (tertiary/aromatic N) is 5. The molecule has 0 spiro atoms. The third-order valence-electron chi connectivity index (χ3n) is 11.2. The van der Waals surface area contributed by atoms with Gasteiger partial charge in [-0.1, -0.05) is 59.3 Å². The first-order chi connectivity index (χ1) is 42.1. The van der Waals surface area contributed by atoms with Gasteiger partial charge in [0.15, 0.2) is 15.4 Å². The summed E-state index contributed by atoms with van der Waals surface area (Å²) in [5.74, 6) is -0.541. The van der Waals surface area contributed by atoms with Crippen molar-refractivity contribution in [2.45, 2.75) is 0 Å². The van der Waals surface area contributed by atoms with Gasteiger partial charge in [0.1, 0.15) is 15.8 Å². The number of nitrogens with two attached hydrogens (primary N) is 2. The number of nitrogen functional groups attached to an aromatic ring is 2. The molecule has 47 heteroatoms. The molecule has 3 aromatic heterocycles. The Morgan fingerprint density at radius 1 is 0.744 bits per heavy atom. The average Bonchev–Trinajstić information content (AvgIpc) is 3.07. The van der Waals surface area contributed by atoms with Crippen molar-refractivity contribution in [3.05, 3.63) is 102 Å². The van der Waals surface area contributed by atoms with Gasteiger partial charge in [0.2, 0.25) is 11.8 Å². The van der Waals surface area contributed by atoms with Gasteiger partial charge < -0.3 is 67.7 Å². The fraction of sp³-hybridized carbons (Fsp3) is 0.302. The van der Waals surface area contributed by atoms with E-state index in [1.807, 2.05) is 6.20 Å². The van der Waals surface area contributed by atoms with E-state index in [1.54, 1.807) is 54.9 Å². The van der Waals surface area contributed by atoms with Gasteiger partial charge in [-0.25, -0.2) is 15.0 Å². The number of ether oxygens (including phenoxy) is 4. The van der Waals surface area contributed by atoms with E-state index in [2.05, 4.69) is 84.7 Å². The van der Waals surface area contributed by atoms with Crippen LogP contribution in [0.2, 0.25) is 0 Å². The van der Waals surface area contributed by atoms with Gasteiger partial charge >= 0.3 is 103 Å². The van der Waals surface area contributed by atoms with E-state index in [4.69, 9.17) is 107 Å². The van der Waals surface area contributed by atoms with Crippen molar-refractivity contribution in [3.8, 4) is 5.75 Å². The summed E-state index contributed by atoms with van der Waals surface area (Å²) < 4.78 is 36.7. The summed E-state index contributed by atoms with van der Waals surface area (Å²) in [5, 5.41) is 23.5. The zero-order chi connectivity index (χ0) is 65.8. The van der Waals surface area contributed by atoms with E-state index in [1.165, 1.54) is 53.2 Å². The Balaban J connectivity index is -0.000000513. The van der Waals surface area contributed by atoms with E-state index in [-0.39, 0.29) is 145 Å². The second-order valence-electron chi connectivity index (χ2n) is 17.2. The smallest absolute Gasteiger partial charge is 1.00 e. The third kappa shape index (κ3) is 40.1. The molecule has 22 nitrogen and oxygen atoms in total. The predicted molar refractivity (Wildman–Crippen MR) is 381 cm³/mol. The molecule has 0 atom stereocenters. The number of hydrogen-bond donors (Lipinski definition) is 6. The molecular formula is C43H56B17Br2FK2N11O11S3. The Labute approximate surface area is 661 Å². The molecule has 3 aliphatic rings. The summed E-state index contributed by atoms with van der Waals surface area (Å²) in [4.78, 5) is 72.4. The molecule has 3 fully saturated rings. The van der Waals surface area contributed by atoms with Crippen LogP contribution >= 0.6 is 66.9 Å². The minimum Gasteiger partial charge on any atom is -1.00 e. The van der Waals surface area contributed by atoms with E-state index >= 15 is 0 Å². The maximum atomic E-state index is 12.4. The molecule has 5 aromatic rings. The average molecular weight is 1440 g/mol. The normalized spacial score (nSPS) is 12.1. The quantitative estimate of drug-likeness (QED) is 0.0156. The van der Waals surface area contributed by atoms with Crippen LogP contribution in [-0.2, 0) is 38.3 Å². The van der Waals surface area contributed by atoms with Crippen LogP contribution in [0.5, 0.6) is 5.75 Å². The number of carbonyl (C=O) groups excluding carboxylic acids is 5. The van der Waals surface area contributed by atoms with Gasteiger partial charge in [0, 0.05) is 184 Å². The molecule has 3 amide bonds. The van der Waals surface area contributed by atoms with Crippen molar-refractivity contribution in [1.29, 1.82) is 0 Å². The summed E-state index contributed by atoms with van der Waals surface area (Å²) in [6.45, 7) is 17.2. The molecular weight excluding hydrogens is 1380 g/mol. The van der Waals surface area contributed by atoms with Gasteiger partial charge in [-0.15, -0.1) is 17.0 Å². The van der Waals surface area contributed by atoms with Crippen LogP contribution in [0.1, 0.15) is 13.2 Å². The molecule has 8 N–H and O–H groups in total. The van der Waals surface area contributed by atoms with E-state index in [0.717, 1.165) is 85.6 Å². The summed E-state index contributed by atoms with van der Waals surface area (Å²) in [6, 6.07) is 13.2. The second-order valence-corrected chi connectivity index (χ2v) is 21.7. The largest absolute Gasteiger partial charge is 1.00 e. The second kappa shape index (κ2) is 56.6. The molecule has 441 valence electrons. The number of anilines is 7. The first kappa shape index (κ1) is 90.5. The Morgan fingerprint density at radius 2 is 1.20 bits per heavy atom. The van der Waals surface area contributed by atoms with E-state index in [9.17, 15) is 23.6 Å². The SMILES string of the molecule is Br.C1COCCN1.C=CC(=O)Nc1cccc(C(=O)Nc2ncc(N3CCOCC3)s2)c1.C=CC(=O)Nc1cccc(OC=O)c1.Nc1ncc(Br)s1.Nc1ncc(N2CCOCC2)s1.O=CO[O-].[2H]CF.[B][B]B(B([B])[B])B(B([B])[B])B(B([B])[B])B([B])[B].[H-].[K+].[K+]. The molecule has 0 saturated carbocycles. The zero-order valence-corrected chi connectivity index (χ0v) is 61.8. The van der Waals surface area contributed by atoms with Gasteiger partial charge in [0.25, 0.3) is 18.9 Å². The first-order valence-corrected chi connectivity index (χ1v) is 29.0. The summed E-state index contributed by atoms with van der Waals surface area (Å²) in [7, 11) is 51.0. The fourth-order valence-electron chi connectivity index (χ4n) is 7.29. The minimum absolute atomic E-state index is 0. The molecule has 0 unspecified atom stereocenters. The van der Waals surface area contributed by atoms with Crippen molar-refractivity contribution >= 4 is 256 Å².